The average molecular weight is 133 g/mol. The summed E-state index contributed by atoms with van der Waals surface area (Å²) in [6, 6.07) is 0. The molecule has 0 radical (unpaired) electrons. The summed E-state index contributed by atoms with van der Waals surface area (Å²) >= 11 is 0. The van der Waals surface area contributed by atoms with E-state index in [0.717, 1.165) is 19.7 Å². The minimum absolute atomic E-state index is 0. The van der Waals surface area contributed by atoms with Gasteiger partial charge in [-0.05, 0) is 13.0 Å². The van der Waals surface area contributed by atoms with E-state index in [9.17, 15) is 0 Å². The molecule has 0 aromatic rings. The first-order chi connectivity index (χ1) is 3.91. The van der Waals surface area contributed by atoms with Gasteiger partial charge in [0.2, 0.25) is 0 Å². The van der Waals surface area contributed by atoms with Gasteiger partial charge in [-0.3, -0.25) is 0 Å². The van der Waals surface area contributed by atoms with Crippen LogP contribution < -0.4 is 5.32 Å². The Balaban J connectivity index is 0. The first-order valence-corrected chi connectivity index (χ1v) is 3.11. The topological polar surface area (TPSA) is 21.3 Å². The Labute approximate surface area is 58.6 Å². The molecule has 9 heavy (non-hydrogen) atoms. The average Bonchev–Trinajstić information content (AvgIpc) is 1.81. The molecule has 0 aromatic carbocycles. The second-order valence-corrected chi connectivity index (χ2v) is 1.74. The molecule has 0 atom stereocenters. The molecule has 0 rings (SSSR count). The summed E-state index contributed by atoms with van der Waals surface area (Å²) in [6.45, 7) is 5.05. The minimum Gasteiger partial charge on any atom is -0.383 e. The molecule has 2 heteroatoms. The van der Waals surface area contributed by atoms with Crippen LogP contribution in [0.15, 0.2) is 0 Å². The molecule has 0 aromatic heterocycles. The smallest absolute Gasteiger partial charge is 0.0587 e. The van der Waals surface area contributed by atoms with Crippen molar-refractivity contribution in [1.29, 1.82) is 0 Å². The van der Waals surface area contributed by atoms with Crippen LogP contribution in [0, 0.1) is 0 Å². The van der Waals surface area contributed by atoms with Gasteiger partial charge in [0.15, 0.2) is 0 Å². The molecule has 0 aliphatic carbocycles. The number of hydrogen-bond donors (Lipinski definition) is 1. The molecular formula is C7H19NO. The van der Waals surface area contributed by atoms with Crippen LogP contribution in [-0.4, -0.2) is 26.8 Å². The van der Waals surface area contributed by atoms with Gasteiger partial charge in [0, 0.05) is 13.7 Å². The van der Waals surface area contributed by atoms with Crippen LogP contribution in [0.2, 0.25) is 0 Å². The van der Waals surface area contributed by atoms with Gasteiger partial charge < -0.3 is 10.1 Å². The third-order valence-electron chi connectivity index (χ3n) is 0.910. The molecule has 0 saturated carbocycles. The van der Waals surface area contributed by atoms with Crippen molar-refractivity contribution < 1.29 is 4.74 Å². The maximum absolute atomic E-state index is 4.83. The van der Waals surface area contributed by atoms with Crippen LogP contribution in [0.1, 0.15) is 20.8 Å². The highest BCUT2D eigenvalue weighted by atomic mass is 16.5. The highest BCUT2D eigenvalue weighted by Gasteiger charge is 1.80. The van der Waals surface area contributed by atoms with Gasteiger partial charge in [-0.1, -0.05) is 14.4 Å². The summed E-state index contributed by atoms with van der Waals surface area (Å²) in [4.78, 5) is 0. The van der Waals surface area contributed by atoms with E-state index in [1.165, 1.54) is 6.42 Å². The Morgan fingerprint density at radius 3 is 2.44 bits per heavy atom. The normalized spacial score (nSPS) is 8.67. The van der Waals surface area contributed by atoms with Gasteiger partial charge in [-0.25, -0.2) is 0 Å². The zero-order valence-electron chi connectivity index (χ0n) is 5.74. The fourth-order valence-electron chi connectivity index (χ4n) is 0.476. The molecular weight excluding hydrogens is 114 g/mol. The van der Waals surface area contributed by atoms with E-state index in [1.807, 2.05) is 0 Å². The largest absolute Gasteiger partial charge is 0.383 e. The quantitative estimate of drug-likeness (QED) is 0.570. The highest BCUT2D eigenvalue weighted by molar-refractivity contribution is 4.41. The van der Waals surface area contributed by atoms with Gasteiger partial charge in [-0.2, -0.15) is 0 Å². The van der Waals surface area contributed by atoms with Crippen LogP contribution in [0.5, 0.6) is 0 Å². The van der Waals surface area contributed by atoms with Gasteiger partial charge in [0.05, 0.1) is 6.61 Å². The van der Waals surface area contributed by atoms with Crippen LogP contribution in [0.3, 0.4) is 0 Å². The lowest BCUT2D eigenvalue weighted by Crippen LogP contribution is -2.19. The summed E-state index contributed by atoms with van der Waals surface area (Å²) in [5, 5.41) is 3.21. The van der Waals surface area contributed by atoms with E-state index >= 15 is 0 Å². The first-order valence-electron chi connectivity index (χ1n) is 3.11. The molecule has 0 spiro atoms. The van der Waals surface area contributed by atoms with E-state index in [2.05, 4.69) is 12.2 Å². The third kappa shape index (κ3) is 11.5. The Bertz CT molecular complexity index is 33.9. The van der Waals surface area contributed by atoms with Gasteiger partial charge >= 0.3 is 0 Å². The number of rotatable bonds is 5. The lowest BCUT2D eigenvalue weighted by atomic mass is 10.5. The summed E-state index contributed by atoms with van der Waals surface area (Å²) < 4.78 is 4.83. The van der Waals surface area contributed by atoms with Gasteiger partial charge in [0.25, 0.3) is 0 Å². The molecule has 0 aliphatic rings. The van der Waals surface area contributed by atoms with Crippen molar-refractivity contribution in [3.05, 3.63) is 0 Å². The third-order valence-corrected chi connectivity index (χ3v) is 0.910. The maximum Gasteiger partial charge on any atom is 0.0587 e. The van der Waals surface area contributed by atoms with E-state index < -0.39 is 0 Å². The Hall–Kier alpha value is -0.0800. The van der Waals surface area contributed by atoms with Crippen LogP contribution in [-0.2, 0) is 4.74 Å². The SMILES string of the molecule is C.CCCNCCOC. The summed E-state index contributed by atoms with van der Waals surface area (Å²) in [5.41, 5.74) is 0. The van der Waals surface area contributed by atoms with Crippen molar-refractivity contribution in [2.24, 2.45) is 0 Å². The van der Waals surface area contributed by atoms with Crippen molar-refractivity contribution in [2.75, 3.05) is 26.8 Å². The molecule has 0 aliphatic heterocycles. The summed E-state index contributed by atoms with van der Waals surface area (Å²) in [5.74, 6) is 0. The Kier molecular flexibility index (Phi) is 14.0. The molecule has 0 amide bonds. The summed E-state index contributed by atoms with van der Waals surface area (Å²) in [7, 11) is 1.72. The molecule has 0 heterocycles. The standard InChI is InChI=1S/C6H15NO.CH4/c1-3-4-7-5-6-8-2;/h7H,3-6H2,1-2H3;1H4. The zero-order chi connectivity index (χ0) is 6.24. The number of methoxy groups -OCH3 is 1. The zero-order valence-corrected chi connectivity index (χ0v) is 5.74. The maximum atomic E-state index is 4.83. The highest BCUT2D eigenvalue weighted by Crippen LogP contribution is 1.68. The predicted molar refractivity (Wildman–Crippen MR) is 41.8 cm³/mol. The van der Waals surface area contributed by atoms with E-state index in [1.54, 1.807) is 7.11 Å². The lowest BCUT2D eigenvalue weighted by molar-refractivity contribution is 0.199. The fourth-order valence-corrected chi connectivity index (χ4v) is 0.476. The molecule has 2 nitrogen and oxygen atoms in total. The number of nitrogens with one attached hydrogen (secondary N) is 1. The second kappa shape index (κ2) is 10.8. The van der Waals surface area contributed by atoms with Crippen molar-refractivity contribution in [2.45, 2.75) is 20.8 Å². The molecule has 58 valence electrons. The minimum atomic E-state index is 0. The molecule has 0 saturated heterocycles. The van der Waals surface area contributed by atoms with Crippen molar-refractivity contribution in [1.82, 2.24) is 5.32 Å². The molecule has 1 N–H and O–H groups in total. The second-order valence-electron chi connectivity index (χ2n) is 1.74. The monoisotopic (exact) mass is 133 g/mol. The Morgan fingerprint density at radius 2 is 2.00 bits per heavy atom. The van der Waals surface area contributed by atoms with Crippen LogP contribution in [0.4, 0.5) is 0 Å². The number of ether oxygens (including phenoxy) is 1. The molecule has 0 bridgehead atoms. The first kappa shape index (κ1) is 11.7. The predicted octanol–water partition coefficient (Wildman–Crippen LogP) is 1.27. The van der Waals surface area contributed by atoms with Crippen molar-refractivity contribution in [3.63, 3.8) is 0 Å². The fraction of sp³-hybridized carbons (Fsp3) is 1.00. The molecule has 0 unspecified atom stereocenters. The van der Waals surface area contributed by atoms with E-state index in [0.29, 0.717) is 0 Å². The van der Waals surface area contributed by atoms with Crippen LogP contribution in [0.25, 0.3) is 0 Å². The molecule has 0 fully saturated rings. The van der Waals surface area contributed by atoms with Crippen molar-refractivity contribution in [3.8, 4) is 0 Å². The van der Waals surface area contributed by atoms with Gasteiger partial charge in [0.1, 0.15) is 0 Å². The summed E-state index contributed by atoms with van der Waals surface area (Å²) in [6.07, 6.45) is 1.20. The lowest BCUT2D eigenvalue weighted by Gasteiger charge is -1.98. The van der Waals surface area contributed by atoms with Crippen LogP contribution >= 0.6 is 0 Å². The van der Waals surface area contributed by atoms with Gasteiger partial charge in [-0.15, -0.1) is 0 Å². The van der Waals surface area contributed by atoms with E-state index in [4.69, 9.17) is 4.74 Å². The Morgan fingerprint density at radius 1 is 1.33 bits per heavy atom. The van der Waals surface area contributed by atoms with Crippen molar-refractivity contribution >= 4 is 0 Å². The number of hydrogen-bond acceptors (Lipinski definition) is 2. The van der Waals surface area contributed by atoms with E-state index in [-0.39, 0.29) is 7.43 Å².